The highest BCUT2D eigenvalue weighted by atomic mass is 19.4. The zero-order valence-corrected chi connectivity index (χ0v) is 13.9. The monoisotopic (exact) mass is 356 g/mol. The van der Waals surface area contributed by atoms with Crippen molar-refractivity contribution in [1.82, 2.24) is 10.6 Å². The summed E-state index contributed by atoms with van der Waals surface area (Å²) in [6, 6.07) is 5.59. The van der Waals surface area contributed by atoms with Crippen LogP contribution in [0.4, 0.5) is 18.0 Å². The van der Waals surface area contributed by atoms with Gasteiger partial charge in [0.05, 0.1) is 6.10 Å². The lowest BCUT2D eigenvalue weighted by Crippen LogP contribution is -2.55. The molecule has 1 aromatic rings. The Bertz CT molecular complexity index is 579. The van der Waals surface area contributed by atoms with Gasteiger partial charge in [-0.25, -0.2) is 4.79 Å². The van der Waals surface area contributed by atoms with Crippen molar-refractivity contribution >= 4 is 6.03 Å². The van der Waals surface area contributed by atoms with Crippen molar-refractivity contribution < 1.29 is 22.7 Å². The number of rotatable bonds is 4. The quantitative estimate of drug-likeness (QED) is 0.869. The first-order chi connectivity index (χ1) is 11.9. The van der Waals surface area contributed by atoms with Gasteiger partial charge in [0, 0.05) is 25.0 Å². The van der Waals surface area contributed by atoms with Crippen LogP contribution in [-0.2, 0) is 11.2 Å². The summed E-state index contributed by atoms with van der Waals surface area (Å²) >= 11 is 0. The van der Waals surface area contributed by atoms with Gasteiger partial charge in [-0.3, -0.25) is 0 Å². The van der Waals surface area contributed by atoms with Gasteiger partial charge in [-0.1, -0.05) is 30.3 Å². The summed E-state index contributed by atoms with van der Waals surface area (Å²) in [4.78, 5) is 12.2. The lowest BCUT2D eigenvalue weighted by atomic mass is 9.82. The van der Waals surface area contributed by atoms with E-state index in [1.807, 2.05) is 0 Å². The average molecular weight is 356 g/mol. The van der Waals surface area contributed by atoms with E-state index in [0.717, 1.165) is 25.7 Å². The predicted octanol–water partition coefficient (Wildman–Crippen LogP) is 3.42. The van der Waals surface area contributed by atoms with E-state index in [-0.39, 0.29) is 24.5 Å². The first-order valence-corrected chi connectivity index (χ1v) is 8.73. The van der Waals surface area contributed by atoms with Crippen LogP contribution >= 0.6 is 0 Å². The van der Waals surface area contributed by atoms with Crippen molar-refractivity contribution in [3.8, 4) is 0 Å². The second-order valence-corrected chi connectivity index (χ2v) is 6.80. The van der Waals surface area contributed by atoms with Gasteiger partial charge >= 0.3 is 12.2 Å². The zero-order chi connectivity index (χ0) is 17.9. The minimum absolute atomic E-state index is 0.119. The largest absolute Gasteiger partial charge is 0.408 e. The Kier molecular flexibility index (Phi) is 5.51. The van der Waals surface area contributed by atoms with E-state index in [9.17, 15) is 18.0 Å². The van der Waals surface area contributed by atoms with Gasteiger partial charge in [-0.05, 0) is 31.2 Å². The van der Waals surface area contributed by atoms with Gasteiger partial charge in [-0.15, -0.1) is 0 Å². The first-order valence-electron chi connectivity index (χ1n) is 8.73. The fourth-order valence-corrected chi connectivity index (χ4v) is 3.82. The average Bonchev–Trinajstić information content (AvgIpc) is 3.04. The summed E-state index contributed by atoms with van der Waals surface area (Å²) in [6.07, 6.45) is -1.14. The maximum atomic E-state index is 13.3. The third-order valence-corrected chi connectivity index (χ3v) is 5.08. The Balaban J connectivity index is 1.60. The van der Waals surface area contributed by atoms with Crippen molar-refractivity contribution in [3.05, 3.63) is 35.9 Å². The highest BCUT2D eigenvalue weighted by Gasteiger charge is 2.42. The molecule has 0 bridgehead atoms. The van der Waals surface area contributed by atoms with Crippen molar-refractivity contribution in [1.29, 1.82) is 0 Å². The van der Waals surface area contributed by atoms with E-state index in [1.54, 1.807) is 30.3 Å². The summed E-state index contributed by atoms with van der Waals surface area (Å²) in [5, 5.41) is 4.87. The van der Waals surface area contributed by atoms with Crippen LogP contribution in [-0.4, -0.2) is 37.0 Å². The van der Waals surface area contributed by atoms with E-state index in [4.69, 9.17) is 4.74 Å². The smallest absolute Gasteiger partial charge is 0.378 e. The Labute approximate surface area is 145 Å². The Morgan fingerprint density at radius 2 is 1.96 bits per heavy atom. The van der Waals surface area contributed by atoms with E-state index < -0.39 is 18.2 Å². The van der Waals surface area contributed by atoms with Crippen molar-refractivity contribution in [2.24, 2.45) is 5.92 Å². The number of hydrogen-bond acceptors (Lipinski definition) is 2. The molecule has 2 fully saturated rings. The molecule has 4 atom stereocenters. The molecular weight excluding hydrogens is 333 g/mol. The highest BCUT2D eigenvalue weighted by Crippen LogP contribution is 2.34. The second-order valence-electron chi connectivity index (χ2n) is 6.80. The van der Waals surface area contributed by atoms with Gasteiger partial charge < -0.3 is 15.4 Å². The van der Waals surface area contributed by atoms with E-state index >= 15 is 0 Å². The molecule has 1 aliphatic heterocycles. The Hall–Kier alpha value is -1.76. The molecule has 7 heteroatoms. The lowest BCUT2D eigenvalue weighted by Gasteiger charge is -2.33. The van der Waals surface area contributed by atoms with E-state index in [0.29, 0.717) is 12.2 Å². The van der Waals surface area contributed by atoms with Crippen LogP contribution in [0.15, 0.2) is 30.3 Å². The van der Waals surface area contributed by atoms with Crippen LogP contribution in [0.5, 0.6) is 0 Å². The molecule has 1 heterocycles. The molecule has 4 nitrogen and oxygen atoms in total. The highest BCUT2D eigenvalue weighted by molar-refractivity contribution is 5.74. The first kappa shape index (κ1) is 18.0. The fraction of sp³-hybridized carbons (Fsp3) is 0.611. The minimum atomic E-state index is -4.50. The van der Waals surface area contributed by atoms with Gasteiger partial charge in [0.1, 0.15) is 6.04 Å². The minimum Gasteiger partial charge on any atom is -0.378 e. The summed E-state index contributed by atoms with van der Waals surface area (Å²) in [7, 11) is 0. The predicted molar refractivity (Wildman–Crippen MR) is 87.1 cm³/mol. The normalized spacial score (nSPS) is 27.4. The van der Waals surface area contributed by atoms with Gasteiger partial charge in [0.25, 0.3) is 0 Å². The van der Waals surface area contributed by atoms with E-state index in [1.165, 1.54) is 0 Å². The summed E-state index contributed by atoms with van der Waals surface area (Å²) < 4.78 is 45.5. The van der Waals surface area contributed by atoms with Crippen LogP contribution in [0.3, 0.4) is 0 Å². The van der Waals surface area contributed by atoms with Crippen LogP contribution in [0.25, 0.3) is 0 Å². The van der Waals surface area contributed by atoms with Gasteiger partial charge in [0.15, 0.2) is 0 Å². The summed E-state index contributed by atoms with van der Waals surface area (Å²) in [5.41, 5.74) is 0.534. The summed E-state index contributed by atoms with van der Waals surface area (Å²) in [5.74, 6) is 0.206. The number of benzene rings is 1. The molecule has 25 heavy (non-hydrogen) atoms. The molecule has 1 saturated carbocycles. The molecule has 1 aromatic carbocycles. The fourth-order valence-electron chi connectivity index (χ4n) is 3.82. The van der Waals surface area contributed by atoms with Crippen LogP contribution in [0.2, 0.25) is 0 Å². The van der Waals surface area contributed by atoms with Crippen molar-refractivity contribution in [3.63, 3.8) is 0 Å². The maximum absolute atomic E-state index is 13.3. The molecule has 2 N–H and O–H groups in total. The van der Waals surface area contributed by atoms with Crippen molar-refractivity contribution in [2.45, 2.75) is 56.5 Å². The van der Waals surface area contributed by atoms with Crippen LogP contribution in [0.1, 0.15) is 31.2 Å². The van der Waals surface area contributed by atoms with Crippen LogP contribution < -0.4 is 10.6 Å². The molecule has 0 unspecified atom stereocenters. The molecule has 3 rings (SSSR count). The SMILES string of the molecule is O=C(N[C@@H](Cc1ccccc1)C(F)(F)F)N[C@@H]1CCC[C@@H]2OCC[C@@H]21. The lowest BCUT2D eigenvalue weighted by molar-refractivity contribution is -0.152. The third kappa shape index (κ3) is 4.66. The second kappa shape index (κ2) is 7.64. The number of hydrogen-bond donors (Lipinski definition) is 2. The Morgan fingerprint density at radius 3 is 2.68 bits per heavy atom. The number of fused-ring (bicyclic) bond motifs is 1. The number of carbonyl (C=O) groups is 1. The third-order valence-electron chi connectivity index (χ3n) is 5.08. The maximum Gasteiger partial charge on any atom is 0.408 e. The topological polar surface area (TPSA) is 50.4 Å². The number of ether oxygens (including phenoxy) is 1. The van der Waals surface area contributed by atoms with Crippen LogP contribution in [0, 0.1) is 5.92 Å². The number of halogens is 3. The Morgan fingerprint density at radius 1 is 1.20 bits per heavy atom. The molecule has 138 valence electrons. The molecule has 2 aliphatic rings. The summed E-state index contributed by atoms with van der Waals surface area (Å²) in [6.45, 7) is 0.661. The number of alkyl halides is 3. The molecule has 0 radical (unpaired) electrons. The van der Waals surface area contributed by atoms with Crippen molar-refractivity contribution in [2.75, 3.05) is 6.61 Å². The molecule has 0 spiro atoms. The number of urea groups is 1. The number of amides is 2. The standard InChI is InChI=1S/C18H23F3N2O2/c19-18(20,21)16(11-12-5-2-1-3-6-12)23-17(24)22-14-7-4-8-15-13(14)9-10-25-15/h1-3,5-6,13-16H,4,7-11H2,(H2,22,23,24)/t13-,14-,15+,16+/m1/s1. The van der Waals surface area contributed by atoms with Gasteiger partial charge in [0.2, 0.25) is 0 Å². The molecule has 2 amide bonds. The molecule has 1 saturated heterocycles. The van der Waals surface area contributed by atoms with E-state index in [2.05, 4.69) is 10.6 Å². The molecule has 1 aliphatic carbocycles. The zero-order valence-electron chi connectivity index (χ0n) is 13.9. The number of nitrogens with one attached hydrogen (secondary N) is 2. The molecular formula is C18H23F3N2O2. The van der Waals surface area contributed by atoms with Gasteiger partial charge in [-0.2, -0.15) is 13.2 Å². The number of carbonyl (C=O) groups excluding carboxylic acids is 1. The molecule has 0 aromatic heterocycles.